The number of aromatic amines is 1. The first kappa shape index (κ1) is 23.1. The van der Waals surface area contributed by atoms with Gasteiger partial charge in [0, 0.05) is 22.3 Å². The van der Waals surface area contributed by atoms with Gasteiger partial charge in [0.05, 0.1) is 36.1 Å². The fourth-order valence-corrected chi connectivity index (χ4v) is 4.43. The number of rotatable bonds is 6. The Bertz CT molecular complexity index is 1610. The Morgan fingerprint density at radius 2 is 1.61 bits per heavy atom. The van der Waals surface area contributed by atoms with Gasteiger partial charge in [-0.3, -0.25) is 4.79 Å². The molecule has 0 aliphatic carbocycles. The highest BCUT2D eigenvalue weighted by atomic mass is 16.5. The predicted octanol–water partition coefficient (Wildman–Crippen LogP) is 5.54. The van der Waals surface area contributed by atoms with Crippen molar-refractivity contribution in [2.75, 3.05) is 13.7 Å². The van der Waals surface area contributed by atoms with Gasteiger partial charge in [0.25, 0.3) is 5.56 Å². The van der Waals surface area contributed by atoms with Gasteiger partial charge in [0.2, 0.25) is 0 Å². The van der Waals surface area contributed by atoms with E-state index in [0.717, 1.165) is 39.3 Å². The highest BCUT2D eigenvalue weighted by Crippen LogP contribution is 2.32. The van der Waals surface area contributed by atoms with Gasteiger partial charge in [-0.1, -0.05) is 30.3 Å². The van der Waals surface area contributed by atoms with Crippen molar-refractivity contribution in [2.24, 2.45) is 0 Å². The molecule has 0 amide bonds. The van der Waals surface area contributed by atoms with Crippen molar-refractivity contribution in [1.29, 1.82) is 0 Å². The van der Waals surface area contributed by atoms with Gasteiger partial charge in [-0.15, -0.1) is 0 Å². The number of hydrogen-bond donors (Lipinski definition) is 1. The Hall–Kier alpha value is -4.65. The van der Waals surface area contributed by atoms with E-state index in [0.29, 0.717) is 23.3 Å². The molecular formula is C29H25N3O4. The normalized spacial score (nSPS) is 11.0. The first-order chi connectivity index (χ1) is 17.5. The SMILES string of the molecule is CCOC(=O)c1cc(-c2ccc(OC)cc2)n(-c2ccc(-c3n[nH]c(=O)c4ccccc34)cc2)c1C. The predicted molar refractivity (Wildman–Crippen MR) is 140 cm³/mol. The largest absolute Gasteiger partial charge is 0.497 e. The summed E-state index contributed by atoms with van der Waals surface area (Å²) in [6, 6.07) is 24.9. The van der Waals surface area contributed by atoms with Crippen LogP contribution in [0.4, 0.5) is 0 Å². The minimum absolute atomic E-state index is 0.218. The number of aromatic nitrogens is 3. The zero-order valence-electron chi connectivity index (χ0n) is 20.2. The van der Waals surface area contributed by atoms with E-state index in [4.69, 9.17) is 9.47 Å². The fourth-order valence-electron chi connectivity index (χ4n) is 4.43. The Labute approximate surface area is 207 Å². The van der Waals surface area contributed by atoms with Gasteiger partial charge in [-0.25, -0.2) is 9.89 Å². The summed E-state index contributed by atoms with van der Waals surface area (Å²) in [5.74, 6) is 0.396. The van der Waals surface area contributed by atoms with Crippen molar-refractivity contribution < 1.29 is 14.3 Å². The second-order valence-corrected chi connectivity index (χ2v) is 8.31. The van der Waals surface area contributed by atoms with E-state index in [9.17, 15) is 9.59 Å². The molecule has 0 saturated carbocycles. The van der Waals surface area contributed by atoms with Gasteiger partial charge in [-0.2, -0.15) is 5.10 Å². The number of esters is 1. The maximum Gasteiger partial charge on any atom is 0.339 e. The zero-order chi connectivity index (χ0) is 25.2. The molecule has 0 aliphatic heterocycles. The zero-order valence-corrected chi connectivity index (χ0v) is 20.2. The van der Waals surface area contributed by atoms with Gasteiger partial charge >= 0.3 is 5.97 Å². The minimum atomic E-state index is -0.357. The van der Waals surface area contributed by atoms with Crippen molar-refractivity contribution in [3.63, 3.8) is 0 Å². The van der Waals surface area contributed by atoms with Crippen LogP contribution < -0.4 is 10.3 Å². The molecule has 0 spiro atoms. The summed E-state index contributed by atoms with van der Waals surface area (Å²) < 4.78 is 12.6. The molecule has 0 fully saturated rings. The van der Waals surface area contributed by atoms with Crippen LogP contribution in [0.1, 0.15) is 23.0 Å². The monoisotopic (exact) mass is 479 g/mol. The molecule has 0 unspecified atom stereocenters. The van der Waals surface area contributed by atoms with Crippen LogP contribution in [0.25, 0.3) is 39.0 Å². The maximum atomic E-state index is 12.7. The molecule has 0 saturated heterocycles. The van der Waals surface area contributed by atoms with E-state index in [1.54, 1.807) is 20.1 Å². The van der Waals surface area contributed by atoms with Crippen molar-refractivity contribution in [2.45, 2.75) is 13.8 Å². The molecule has 7 heteroatoms. The van der Waals surface area contributed by atoms with E-state index in [-0.39, 0.29) is 11.5 Å². The van der Waals surface area contributed by atoms with Crippen LogP contribution in [-0.4, -0.2) is 34.5 Å². The topological polar surface area (TPSA) is 86.2 Å². The van der Waals surface area contributed by atoms with Crippen molar-refractivity contribution in [3.05, 3.63) is 100 Å². The number of fused-ring (bicyclic) bond motifs is 1. The van der Waals surface area contributed by atoms with Crippen LogP contribution in [0, 0.1) is 6.92 Å². The third-order valence-corrected chi connectivity index (χ3v) is 6.22. The molecule has 1 N–H and O–H groups in total. The number of carbonyl (C=O) groups excluding carboxylic acids is 1. The molecule has 5 aromatic rings. The number of ether oxygens (including phenoxy) is 2. The Kier molecular flexibility index (Phi) is 6.12. The summed E-state index contributed by atoms with van der Waals surface area (Å²) in [4.78, 5) is 24.9. The highest BCUT2D eigenvalue weighted by molar-refractivity contribution is 5.94. The lowest BCUT2D eigenvalue weighted by Crippen LogP contribution is -2.09. The van der Waals surface area contributed by atoms with Crippen LogP contribution in [0.5, 0.6) is 5.75 Å². The number of nitrogens with one attached hydrogen (secondary N) is 1. The fraction of sp³-hybridized carbons (Fsp3) is 0.138. The smallest absolute Gasteiger partial charge is 0.339 e. The van der Waals surface area contributed by atoms with E-state index < -0.39 is 0 Å². The second kappa shape index (κ2) is 9.54. The van der Waals surface area contributed by atoms with E-state index >= 15 is 0 Å². The Balaban J connectivity index is 1.63. The summed E-state index contributed by atoms with van der Waals surface area (Å²) in [6.07, 6.45) is 0. The average Bonchev–Trinajstić information content (AvgIpc) is 3.26. The molecule has 5 rings (SSSR count). The summed E-state index contributed by atoms with van der Waals surface area (Å²) in [5, 5.41) is 8.28. The number of hydrogen-bond acceptors (Lipinski definition) is 5. The number of benzene rings is 3. The summed E-state index contributed by atoms with van der Waals surface area (Å²) >= 11 is 0. The minimum Gasteiger partial charge on any atom is -0.497 e. The molecule has 36 heavy (non-hydrogen) atoms. The lowest BCUT2D eigenvalue weighted by atomic mass is 10.0. The van der Waals surface area contributed by atoms with Crippen LogP contribution >= 0.6 is 0 Å². The van der Waals surface area contributed by atoms with Crippen LogP contribution in [0.15, 0.2) is 83.7 Å². The highest BCUT2D eigenvalue weighted by Gasteiger charge is 2.21. The van der Waals surface area contributed by atoms with Gasteiger partial charge in [0.1, 0.15) is 5.75 Å². The van der Waals surface area contributed by atoms with E-state index in [1.165, 1.54) is 0 Å². The average molecular weight is 480 g/mol. The van der Waals surface area contributed by atoms with Crippen molar-refractivity contribution >= 4 is 16.7 Å². The molecule has 2 aromatic heterocycles. The molecular weight excluding hydrogens is 454 g/mol. The first-order valence-corrected chi connectivity index (χ1v) is 11.6. The Morgan fingerprint density at radius 3 is 2.28 bits per heavy atom. The van der Waals surface area contributed by atoms with Crippen LogP contribution in [0.3, 0.4) is 0 Å². The van der Waals surface area contributed by atoms with E-state index in [2.05, 4.69) is 10.2 Å². The molecule has 0 atom stereocenters. The van der Waals surface area contributed by atoms with Gasteiger partial charge < -0.3 is 14.0 Å². The van der Waals surface area contributed by atoms with Gasteiger partial charge in [-0.05, 0) is 67.9 Å². The molecule has 0 aliphatic rings. The summed E-state index contributed by atoms with van der Waals surface area (Å²) in [5.41, 5.74) is 5.32. The number of carbonyl (C=O) groups is 1. The third-order valence-electron chi connectivity index (χ3n) is 6.22. The van der Waals surface area contributed by atoms with E-state index in [1.807, 2.05) is 84.3 Å². The summed E-state index contributed by atoms with van der Waals surface area (Å²) in [6.45, 7) is 4.00. The molecule has 0 radical (unpaired) electrons. The molecule has 2 heterocycles. The summed E-state index contributed by atoms with van der Waals surface area (Å²) in [7, 11) is 1.63. The van der Waals surface area contributed by atoms with Crippen molar-refractivity contribution in [1.82, 2.24) is 14.8 Å². The maximum absolute atomic E-state index is 12.7. The van der Waals surface area contributed by atoms with Gasteiger partial charge in [0.15, 0.2) is 0 Å². The number of nitrogens with zero attached hydrogens (tertiary/aromatic N) is 2. The molecule has 7 nitrogen and oxygen atoms in total. The van der Waals surface area contributed by atoms with Crippen LogP contribution in [0.2, 0.25) is 0 Å². The number of H-pyrrole nitrogens is 1. The molecule has 0 bridgehead atoms. The molecule has 180 valence electrons. The lowest BCUT2D eigenvalue weighted by Gasteiger charge is -2.14. The third kappa shape index (κ3) is 4.05. The van der Waals surface area contributed by atoms with Crippen LogP contribution in [-0.2, 0) is 4.74 Å². The standard InChI is InChI=1S/C29H25N3O4/c1-4-36-29(34)25-17-26(19-11-15-22(35-3)16-12-19)32(18(25)2)21-13-9-20(10-14-21)27-23-7-5-6-8-24(23)28(33)31-30-27/h5-17H,4H2,1-3H3,(H,31,33). The lowest BCUT2D eigenvalue weighted by molar-refractivity contribution is 0.0525. The number of methoxy groups -OCH3 is 1. The Morgan fingerprint density at radius 1 is 0.944 bits per heavy atom. The second-order valence-electron chi connectivity index (χ2n) is 8.31. The van der Waals surface area contributed by atoms with Crippen molar-refractivity contribution in [3.8, 4) is 34.0 Å². The first-order valence-electron chi connectivity index (χ1n) is 11.6. The molecule has 3 aromatic carbocycles. The quantitative estimate of drug-likeness (QED) is 0.323.